The molecule has 0 amide bonds. The molecular weight excluding hydrogens is 274 g/mol. The molecule has 0 aromatic carbocycles. The first-order valence-corrected chi connectivity index (χ1v) is 7.21. The second kappa shape index (κ2) is 6.05. The molecule has 0 radical (unpaired) electrons. The summed E-state index contributed by atoms with van der Waals surface area (Å²) in [6.45, 7) is 6.25. The normalized spacial score (nSPS) is 10.8. The second-order valence-electron chi connectivity index (χ2n) is 4.86. The first-order valence-electron chi connectivity index (χ1n) is 6.39. The Labute approximate surface area is 122 Å². The quantitative estimate of drug-likeness (QED) is 0.909. The predicted octanol–water partition coefficient (Wildman–Crippen LogP) is 3.85. The van der Waals surface area contributed by atoms with Crippen LogP contribution in [0.4, 0.5) is 0 Å². The Morgan fingerprint density at radius 2 is 2.20 bits per heavy atom. The minimum atomic E-state index is -0.950. The molecule has 1 N–H and O–H groups in total. The van der Waals surface area contributed by atoms with Gasteiger partial charge in [-0.3, -0.25) is 4.98 Å². The van der Waals surface area contributed by atoms with Gasteiger partial charge < -0.3 is 9.84 Å². The number of aryl methyl sites for hydroxylation is 1. The molecule has 4 nitrogen and oxygen atoms in total. The van der Waals surface area contributed by atoms with Crippen molar-refractivity contribution in [1.82, 2.24) is 4.98 Å². The number of ether oxygens (including phenoxy) is 1. The largest absolute Gasteiger partial charge is 0.485 e. The lowest BCUT2D eigenvalue weighted by Gasteiger charge is -2.05. The van der Waals surface area contributed by atoms with Crippen LogP contribution in [0.15, 0.2) is 24.3 Å². The van der Waals surface area contributed by atoms with E-state index in [1.54, 1.807) is 0 Å². The summed E-state index contributed by atoms with van der Waals surface area (Å²) in [5.74, 6) is -0.240. The van der Waals surface area contributed by atoms with E-state index >= 15 is 0 Å². The standard InChI is InChI=1S/C15H17NO3S/c1-9(2)13-7-12(14(20-13)15(17)18)19-8-11-6-4-5-10(3)16-11/h4-7,9H,8H2,1-3H3,(H,17,18). The van der Waals surface area contributed by atoms with Gasteiger partial charge in [0, 0.05) is 10.6 Å². The zero-order valence-electron chi connectivity index (χ0n) is 11.7. The Hall–Kier alpha value is -1.88. The molecule has 2 aromatic heterocycles. The Morgan fingerprint density at radius 3 is 2.80 bits per heavy atom. The van der Waals surface area contributed by atoms with E-state index in [-0.39, 0.29) is 17.4 Å². The summed E-state index contributed by atoms with van der Waals surface area (Å²) >= 11 is 1.27. The van der Waals surface area contributed by atoms with Gasteiger partial charge in [0.05, 0.1) is 5.69 Å². The lowest BCUT2D eigenvalue weighted by molar-refractivity contribution is 0.0697. The van der Waals surface area contributed by atoms with Crippen LogP contribution in [-0.2, 0) is 6.61 Å². The van der Waals surface area contributed by atoms with Gasteiger partial charge in [-0.15, -0.1) is 11.3 Å². The molecule has 0 aliphatic rings. The van der Waals surface area contributed by atoms with Gasteiger partial charge in [0.25, 0.3) is 0 Å². The fraction of sp³-hybridized carbons (Fsp3) is 0.333. The van der Waals surface area contributed by atoms with E-state index in [2.05, 4.69) is 4.98 Å². The van der Waals surface area contributed by atoms with E-state index in [1.165, 1.54) is 11.3 Å². The van der Waals surface area contributed by atoms with Crippen LogP contribution in [0.2, 0.25) is 0 Å². The van der Waals surface area contributed by atoms with Gasteiger partial charge >= 0.3 is 5.97 Å². The first-order chi connectivity index (χ1) is 9.47. The summed E-state index contributed by atoms with van der Waals surface area (Å²) in [5, 5.41) is 9.22. The zero-order valence-corrected chi connectivity index (χ0v) is 12.5. The number of aromatic carboxylic acids is 1. The molecule has 0 spiro atoms. The third-order valence-electron chi connectivity index (χ3n) is 2.80. The van der Waals surface area contributed by atoms with Crippen molar-refractivity contribution >= 4 is 17.3 Å². The van der Waals surface area contributed by atoms with Crippen LogP contribution in [-0.4, -0.2) is 16.1 Å². The molecule has 2 aromatic rings. The number of thiophene rings is 1. The highest BCUT2D eigenvalue weighted by Crippen LogP contribution is 2.34. The molecule has 0 saturated heterocycles. The topological polar surface area (TPSA) is 59.4 Å². The van der Waals surface area contributed by atoms with Crippen LogP contribution >= 0.6 is 11.3 Å². The molecule has 2 heterocycles. The molecule has 0 unspecified atom stereocenters. The predicted molar refractivity (Wildman–Crippen MR) is 78.7 cm³/mol. The van der Waals surface area contributed by atoms with Crippen molar-refractivity contribution in [2.75, 3.05) is 0 Å². The summed E-state index contributed by atoms with van der Waals surface area (Å²) in [5.41, 5.74) is 1.70. The summed E-state index contributed by atoms with van der Waals surface area (Å²) in [4.78, 5) is 16.8. The summed E-state index contributed by atoms with van der Waals surface area (Å²) < 4.78 is 5.64. The number of carboxylic acids is 1. The number of carboxylic acid groups (broad SMARTS) is 1. The van der Waals surface area contributed by atoms with Gasteiger partial charge in [-0.25, -0.2) is 4.79 Å². The number of hydrogen-bond donors (Lipinski definition) is 1. The van der Waals surface area contributed by atoms with Crippen LogP contribution in [0.1, 0.15) is 45.7 Å². The van der Waals surface area contributed by atoms with Crippen LogP contribution in [0, 0.1) is 6.92 Å². The van der Waals surface area contributed by atoms with Crippen LogP contribution in [0.5, 0.6) is 5.75 Å². The molecule has 0 aliphatic carbocycles. The highest BCUT2D eigenvalue weighted by atomic mass is 32.1. The van der Waals surface area contributed by atoms with E-state index in [0.717, 1.165) is 16.3 Å². The van der Waals surface area contributed by atoms with Gasteiger partial charge in [0.2, 0.25) is 0 Å². The Kier molecular flexibility index (Phi) is 4.39. The molecule has 0 atom stereocenters. The smallest absolute Gasteiger partial charge is 0.349 e. The maximum Gasteiger partial charge on any atom is 0.349 e. The fourth-order valence-corrected chi connectivity index (χ4v) is 2.71. The average Bonchev–Trinajstić information content (AvgIpc) is 2.81. The molecule has 5 heteroatoms. The third-order valence-corrected chi connectivity index (χ3v) is 4.21. The van der Waals surface area contributed by atoms with Gasteiger partial charge in [0.1, 0.15) is 12.4 Å². The lowest BCUT2D eigenvalue weighted by Crippen LogP contribution is -2.02. The van der Waals surface area contributed by atoms with Crippen molar-refractivity contribution in [3.8, 4) is 5.75 Å². The van der Waals surface area contributed by atoms with E-state index in [4.69, 9.17) is 4.74 Å². The fourth-order valence-electron chi connectivity index (χ4n) is 1.76. The van der Waals surface area contributed by atoms with Crippen molar-refractivity contribution in [2.24, 2.45) is 0 Å². The maximum absolute atomic E-state index is 11.2. The van der Waals surface area contributed by atoms with Crippen LogP contribution in [0.3, 0.4) is 0 Å². The Balaban J connectivity index is 2.18. The minimum absolute atomic E-state index is 0.251. The molecule has 0 saturated carbocycles. The lowest BCUT2D eigenvalue weighted by atomic mass is 10.2. The second-order valence-corrected chi connectivity index (χ2v) is 5.94. The molecule has 20 heavy (non-hydrogen) atoms. The molecule has 106 valence electrons. The molecule has 0 fully saturated rings. The molecule has 2 rings (SSSR count). The Bertz CT molecular complexity index is 619. The third kappa shape index (κ3) is 3.36. The summed E-state index contributed by atoms with van der Waals surface area (Å²) in [7, 11) is 0. The number of aromatic nitrogens is 1. The van der Waals surface area contributed by atoms with E-state index in [1.807, 2.05) is 45.0 Å². The van der Waals surface area contributed by atoms with E-state index in [9.17, 15) is 9.90 Å². The maximum atomic E-state index is 11.2. The van der Waals surface area contributed by atoms with Crippen LogP contribution in [0.25, 0.3) is 0 Å². The molecular formula is C15H17NO3S. The van der Waals surface area contributed by atoms with Crippen molar-refractivity contribution < 1.29 is 14.6 Å². The van der Waals surface area contributed by atoms with Crippen molar-refractivity contribution in [1.29, 1.82) is 0 Å². The van der Waals surface area contributed by atoms with Gasteiger partial charge in [-0.05, 0) is 31.0 Å². The number of nitrogens with zero attached hydrogens (tertiary/aromatic N) is 1. The van der Waals surface area contributed by atoms with E-state index in [0.29, 0.717) is 5.75 Å². The molecule has 0 aliphatic heterocycles. The number of pyridine rings is 1. The number of rotatable bonds is 5. The summed E-state index contributed by atoms with van der Waals surface area (Å²) in [6.07, 6.45) is 0. The van der Waals surface area contributed by atoms with Gasteiger partial charge in [0.15, 0.2) is 4.88 Å². The number of carbonyl (C=O) groups is 1. The van der Waals surface area contributed by atoms with Gasteiger partial charge in [-0.1, -0.05) is 19.9 Å². The van der Waals surface area contributed by atoms with Crippen molar-refractivity contribution in [3.63, 3.8) is 0 Å². The average molecular weight is 291 g/mol. The van der Waals surface area contributed by atoms with Gasteiger partial charge in [-0.2, -0.15) is 0 Å². The SMILES string of the molecule is Cc1cccc(COc2cc(C(C)C)sc2C(=O)O)n1. The summed E-state index contributed by atoms with van der Waals surface area (Å²) in [6, 6.07) is 7.50. The first kappa shape index (κ1) is 14.5. The van der Waals surface area contributed by atoms with Crippen molar-refractivity contribution in [2.45, 2.75) is 33.3 Å². The van der Waals surface area contributed by atoms with Crippen LogP contribution < -0.4 is 4.74 Å². The number of hydrogen-bond acceptors (Lipinski definition) is 4. The highest BCUT2D eigenvalue weighted by Gasteiger charge is 2.18. The zero-order chi connectivity index (χ0) is 14.7. The molecule has 0 bridgehead atoms. The highest BCUT2D eigenvalue weighted by molar-refractivity contribution is 7.14. The minimum Gasteiger partial charge on any atom is -0.485 e. The Morgan fingerprint density at radius 1 is 1.45 bits per heavy atom. The monoisotopic (exact) mass is 291 g/mol. The van der Waals surface area contributed by atoms with E-state index < -0.39 is 5.97 Å². The van der Waals surface area contributed by atoms with Crippen molar-refractivity contribution in [3.05, 3.63) is 45.4 Å².